The van der Waals surface area contributed by atoms with Crippen molar-refractivity contribution in [1.29, 1.82) is 0 Å². The minimum absolute atomic E-state index is 0.264. The van der Waals surface area contributed by atoms with Gasteiger partial charge in [0.1, 0.15) is 0 Å². The molecule has 0 radical (unpaired) electrons. The number of benzene rings is 12. The molecule has 1 atom stereocenters. The molecule has 2 heteroatoms. The number of nitrogens with zero attached hydrogens (tertiary/aromatic N) is 2. The Morgan fingerprint density at radius 3 is 1.41 bits per heavy atom. The molecule has 1 unspecified atom stereocenters. The van der Waals surface area contributed by atoms with E-state index in [9.17, 15) is 0 Å². The number of rotatable bonds is 10. The molecule has 0 saturated carbocycles. The molecule has 0 fully saturated rings. The summed E-state index contributed by atoms with van der Waals surface area (Å²) in [5, 5.41) is 2.60. The van der Waals surface area contributed by atoms with E-state index in [1.807, 2.05) is 0 Å². The van der Waals surface area contributed by atoms with E-state index in [1.54, 1.807) is 0 Å². The molecular weight excluding hydrogens is 917 g/mol. The van der Waals surface area contributed by atoms with Crippen LogP contribution in [0.1, 0.15) is 47.2 Å². The Balaban J connectivity index is 1.08. The molecule has 2 aliphatic rings. The Kier molecular flexibility index (Phi) is 10.8. The summed E-state index contributed by atoms with van der Waals surface area (Å²) in [6, 6.07) is 108. The molecule has 0 amide bonds. The maximum Gasteiger partial charge on any atom is 0.0715 e. The highest BCUT2D eigenvalue weighted by Gasteiger charge is 2.49. The third-order valence-electron chi connectivity index (χ3n) is 16.3. The molecule has 0 bridgehead atoms. The summed E-state index contributed by atoms with van der Waals surface area (Å²) in [6.07, 6.45) is 0. The molecule has 12 aromatic rings. The van der Waals surface area contributed by atoms with Gasteiger partial charge in [0.2, 0.25) is 0 Å². The fraction of sp³-hybridized carbons (Fsp3) is 0.0541. The second kappa shape index (κ2) is 18.2. The van der Waals surface area contributed by atoms with Crippen molar-refractivity contribution in [2.24, 2.45) is 0 Å². The van der Waals surface area contributed by atoms with Crippen molar-refractivity contribution in [2.75, 3.05) is 9.80 Å². The van der Waals surface area contributed by atoms with Crippen molar-refractivity contribution in [3.8, 4) is 44.5 Å². The van der Waals surface area contributed by atoms with Gasteiger partial charge in [-0.15, -0.1) is 0 Å². The molecule has 12 aromatic carbocycles. The van der Waals surface area contributed by atoms with Crippen LogP contribution in [-0.4, -0.2) is 0 Å². The third-order valence-corrected chi connectivity index (χ3v) is 16.3. The fourth-order valence-corrected chi connectivity index (χ4v) is 12.9. The summed E-state index contributed by atoms with van der Waals surface area (Å²) in [4.78, 5) is 4.94. The van der Waals surface area contributed by atoms with Gasteiger partial charge < -0.3 is 9.80 Å². The van der Waals surface area contributed by atoms with Crippen LogP contribution in [0.3, 0.4) is 0 Å². The first kappa shape index (κ1) is 45.1. The predicted octanol–water partition coefficient (Wildman–Crippen LogP) is 19.8. The molecule has 76 heavy (non-hydrogen) atoms. The van der Waals surface area contributed by atoms with Crippen LogP contribution in [-0.2, 0) is 10.8 Å². The zero-order valence-electron chi connectivity index (χ0n) is 42.6. The van der Waals surface area contributed by atoms with Crippen molar-refractivity contribution in [3.05, 3.63) is 325 Å². The van der Waals surface area contributed by atoms with Gasteiger partial charge in [0.15, 0.2) is 0 Å². The van der Waals surface area contributed by atoms with Crippen LogP contribution >= 0.6 is 0 Å². The molecule has 0 heterocycles. The lowest BCUT2D eigenvalue weighted by Crippen LogP contribution is -2.30. The fourth-order valence-electron chi connectivity index (χ4n) is 12.9. The Labute approximate surface area is 446 Å². The largest absolute Gasteiger partial charge is 0.310 e. The van der Waals surface area contributed by atoms with Crippen LogP contribution in [0.25, 0.3) is 55.3 Å². The van der Waals surface area contributed by atoms with Crippen molar-refractivity contribution in [1.82, 2.24) is 0 Å². The molecule has 0 spiro atoms. The highest BCUT2D eigenvalue weighted by molar-refractivity contribution is 6.02. The summed E-state index contributed by atoms with van der Waals surface area (Å²) in [6.45, 7) is 4.86. The maximum atomic E-state index is 2.57. The Hall–Kier alpha value is -9.50. The van der Waals surface area contributed by atoms with Crippen LogP contribution < -0.4 is 9.80 Å². The molecule has 2 aliphatic carbocycles. The van der Waals surface area contributed by atoms with Crippen molar-refractivity contribution in [3.63, 3.8) is 0 Å². The van der Waals surface area contributed by atoms with Gasteiger partial charge in [-0.25, -0.2) is 0 Å². The first-order valence-corrected chi connectivity index (χ1v) is 26.5. The zero-order chi connectivity index (χ0) is 50.8. The highest BCUT2D eigenvalue weighted by atomic mass is 15.2. The Bertz CT molecular complexity index is 4090. The first-order chi connectivity index (χ1) is 37.5. The summed E-state index contributed by atoms with van der Waals surface area (Å²) < 4.78 is 0. The summed E-state index contributed by atoms with van der Waals surface area (Å²) in [7, 11) is 0. The molecule has 0 N–H and O–H groups in total. The number of anilines is 6. The lowest BCUT2D eigenvalue weighted by molar-refractivity contribution is 0.661. The molecule has 0 aliphatic heterocycles. The van der Waals surface area contributed by atoms with Gasteiger partial charge in [-0.3, -0.25) is 0 Å². The molecular formula is C74H54N2. The van der Waals surface area contributed by atoms with Crippen LogP contribution in [0, 0.1) is 0 Å². The van der Waals surface area contributed by atoms with E-state index >= 15 is 0 Å². The van der Waals surface area contributed by atoms with Crippen LogP contribution in [0.4, 0.5) is 34.1 Å². The zero-order valence-corrected chi connectivity index (χ0v) is 42.6. The normalized spacial score (nSPS) is 14.6. The van der Waals surface area contributed by atoms with Crippen molar-refractivity contribution >= 4 is 44.9 Å². The van der Waals surface area contributed by atoms with Gasteiger partial charge in [0.25, 0.3) is 0 Å². The van der Waals surface area contributed by atoms with Gasteiger partial charge in [-0.1, -0.05) is 244 Å². The molecule has 360 valence electrons. The first-order valence-electron chi connectivity index (χ1n) is 26.5. The van der Waals surface area contributed by atoms with Crippen LogP contribution in [0.5, 0.6) is 0 Å². The summed E-state index contributed by atoms with van der Waals surface area (Å²) in [5.74, 6) is 0. The van der Waals surface area contributed by atoms with Gasteiger partial charge in [0.05, 0.1) is 11.1 Å². The van der Waals surface area contributed by atoms with E-state index in [0.29, 0.717) is 0 Å². The Morgan fingerprint density at radius 1 is 0.289 bits per heavy atom. The number of para-hydroxylation sites is 2. The van der Waals surface area contributed by atoms with Crippen LogP contribution in [0.15, 0.2) is 291 Å². The minimum atomic E-state index is -0.737. The topological polar surface area (TPSA) is 6.48 Å². The van der Waals surface area contributed by atoms with Gasteiger partial charge in [-0.05, 0) is 144 Å². The summed E-state index contributed by atoms with van der Waals surface area (Å²) in [5.41, 5.74) is 22.9. The van der Waals surface area contributed by atoms with Gasteiger partial charge in [-0.2, -0.15) is 0 Å². The van der Waals surface area contributed by atoms with Gasteiger partial charge >= 0.3 is 0 Å². The van der Waals surface area contributed by atoms with E-state index in [4.69, 9.17) is 0 Å². The Morgan fingerprint density at radius 2 is 0.776 bits per heavy atom. The molecule has 2 nitrogen and oxygen atoms in total. The van der Waals surface area contributed by atoms with E-state index in [2.05, 4.69) is 315 Å². The standard InChI is InChI=1S/C74H54N2/c1-73(2)68-48-57(41-47-64(68)65-46-40-55-26-18-19-33-63(55)72(65)73)74(56-27-12-5-13-28-56)67-35-21-20-34-66(67)71-69(74)49-62(75(58-29-14-6-15-30-58)60-42-36-53(37-43-60)51-22-8-3-9-23-51)50-70(71)76(59-31-16-7-17-32-59)61-44-38-54(39-45-61)52-24-10-4-11-25-52/h3-50H,1-2H3. The van der Waals surface area contributed by atoms with E-state index < -0.39 is 5.41 Å². The van der Waals surface area contributed by atoms with E-state index in [0.717, 1.165) is 34.1 Å². The number of hydrogen-bond acceptors (Lipinski definition) is 2. The van der Waals surface area contributed by atoms with Crippen molar-refractivity contribution in [2.45, 2.75) is 24.7 Å². The maximum absolute atomic E-state index is 2.57. The monoisotopic (exact) mass is 970 g/mol. The third kappa shape index (κ3) is 7.17. The molecule has 14 rings (SSSR count). The average molecular weight is 971 g/mol. The van der Waals surface area contributed by atoms with E-state index in [-0.39, 0.29) is 5.41 Å². The predicted molar refractivity (Wildman–Crippen MR) is 319 cm³/mol. The van der Waals surface area contributed by atoms with Gasteiger partial charge in [0, 0.05) is 39.4 Å². The minimum Gasteiger partial charge on any atom is -0.310 e. The summed E-state index contributed by atoms with van der Waals surface area (Å²) >= 11 is 0. The molecule has 0 aromatic heterocycles. The smallest absolute Gasteiger partial charge is 0.0715 e. The highest BCUT2D eigenvalue weighted by Crippen LogP contribution is 2.62. The number of fused-ring (bicyclic) bond motifs is 8. The van der Waals surface area contributed by atoms with E-state index in [1.165, 1.54) is 88.7 Å². The lowest BCUT2D eigenvalue weighted by Gasteiger charge is -2.37. The SMILES string of the molecule is CC1(C)c2cc(C3(c4ccccc4)c4ccccc4-c4c(N(c5ccccc5)c5ccc(-c6ccccc6)cc5)cc(N(c5ccccc5)c5ccc(-c6ccccc6)cc5)cc43)ccc2-c2ccc3ccccc3c21. The average Bonchev–Trinajstić information content (AvgIpc) is 3.94. The van der Waals surface area contributed by atoms with Crippen LogP contribution in [0.2, 0.25) is 0 Å². The second-order valence-electron chi connectivity index (χ2n) is 20.8. The second-order valence-corrected chi connectivity index (χ2v) is 20.8. The van der Waals surface area contributed by atoms with Crippen molar-refractivity contribution < 1.29 is 0 Å². The quantitative estimate of drug-likeness (QED) is 0.135. The molecule has 0 saturated heterocycles. The number of hydrogen-bond donors (Lipinski definition) is 0. The lowest BCUT2D eigenvalue weighted by atomic mass is 9.66.